The molecule has 1 aliphatic rings. The molecule has 1 atom stereocenters. The molecule has 1 amide bonds. The van der Waals surface area contributed by atoms with E-state index in [-0.39, 0.29) is 11.9 Å². The zero-order chi connectivity index (χ0) is 14.7. The third kappa shape index (κ3) is 2.97. The maximum absolute atomic E-state index is 12.1. The number of amides is 1. The van der Waals surface area contributed by atoms with Gasteiger partial charge in [-0.15, -0.1) is 0 Å². The Morgan fingerprint density at radius 1 is 1.43 bits per heavy atom. The summed E-state index contributed by atoms with van der Waals surface area (Å²) in [6.45, 7) is 0.976. The number of carbonyl (C=O) groups excluding carboxylic acids is 1. The lowest BCUT2D eigenvalue weighted by molar-refractivity contribution is -0.126. The Balaban J connectivity index is 1.65. The number of likely N-dealkylation sites (N-methyl/N-ethyl adjacent to an activating group) is 1. The molecule has 2 heterocycles. The fourth-order valence-electron chi connectivity index (χ4n) is 2.85. The average molecular weight is 284 g/mol. The van der Waals surface area contributed by atoms with Crippen LogP contribution in [0.1, 0.15) is 24.8 Å². The third-order valence-corrected chi connectivity index (χ3v) is 4.07. The number of fused-ring (bicyclic) bond motifs is 1. The van der Waals surface area contributed by atoms with Gasteiger partial charge in [0.1, 0.15) is 0 Å². The van der Waals surface area contributed by atoms with Crippen LogP contribution in [-0.4, -0.2) is 41.6 Å². The molecular weight excluding hydrogens is 264 g/mol. The van der Waals surface area contributed by atoms with Crippen molar-refractivity contribution in [2.45, 2.75) is 25.3 Å². The van der Waals surface area contributed by atoms with E-state index < -0.39 is 0 Å². The standard InChI is InChI=1S/C16H20N4O/c1-20-9-5-4-8-15(20)16(21)19-18-11-12-10-17-14-7-3-2-6-13(12)14/h2-3,6-7,10-11,15,17H,4-5,8-9H2,1H3,(H,19,21)/b18-11+. The van der Waals surface area contributed by atoms with Crippen molar-refractivity contribution in [3.8, 4) is 0 Å². The summed E-state index contributed by atoms with van der Waals surface area (Å²) in [5, 5.41) is 5.20. The maximum Gasteiger partial charge on any atom is 0.257 e. The van der Waals surface area contributed by atoms with Crippen LogP contribution in [0.15, 0.2) is 35.6 Å². The number of hydrazone groups is 1. The molecule has 1 aliphatic heterocycles. The average Bonchev–Trinajstić information content (AvgIpc) is 2.91. The first-order valence-corrected chi connectivity index (χ1v) is 7.35. The van der Waals surface area contributed by atoms with E-state index in [0.717, 1.165) is 35.9 Å². The second-order valence-corrected chi connectivity index (χ2v) is 5.52. The van der Waals surface area contributed by atoms with Gasteiger partial charge in [0.25, 0.3) is 5.91 Å². The number of rotatable bonds is 3. The highest BCUT2D eigenvalue weighted by Gasteiger charge is 2.25. The normalized spacial score (nSPS) is 20.1. The number of nitrogens with one attached hydrogen (secondary N) is 2. The lowest BCUT2D eigenvalue weighted by atomic mass is 10.0. The number of benzene rings is 1. The van der Waals surface area contributed by atoms with Crippen molar-refractivity contribution in [3.63, 3.8) is 0 Å². The van der Waals surface area contributed by atoms with Crippen molar-refractivity contribution in [3.05, 3.63) is 36.0 Å². The summed E-state index contributed by atoms with van der Waals surface area (Å²) in [6, 6.07) is 7.97. The highest BCUT2D eigenvalue weighted by molar-refractivity contribution is 5.99. The van der Waals surface area contributed by atoms with E-state index in [0.29, 0.717) is 0 Å². The van der Waals surface area contributed by atoms with Gasteiger partial charge in [0.15, 0.2) is 0 Å². The number of H-pyrrole nitrogens is 1. The predicted molar refractivity (Wildman–Crippen MR) is 84.3 cm³/mol. The zero-order valence-electron chi connectivity index (χ0n) is 12.2. The van der Waals surface area contributed by atoms with Gasteiger partial charge in [-0.3, -0.25) is 9.69 Å². The van der Waals surface area contributed by atoms with Crippen LogP contribution < -0.4 is 5.43 Å². The van der Waals surface area contributed by atoms with Crippen LogP contribution in [-0.2, 0) is 4.79 Å². The van der Waals surface area contributed by atoms with Crippen LogP contribution in [0, 0.1) is 0 Å². The lowest BCUT2D eigenvalue weighted by Crippen LogP contribution is -2.46. The molecule has 2 aromatic rings. The molecule has 1 aromatic carbocycles. The molecule has 1 saturated heterocycles. The van der Waals surface area contributed by atoms with Gasteiger partial charge in [-0.2, -0.15) is 5.10 Å². The highest BCUT2D eigenvalue weighted by Crippen LogP contribution is 2.16. The van der Waals surface area contributed by atoms with Crippen molar-refractivity contribution in [1.29, 1.82) is 0 Å². The van der Waals surface area contributed by atoms with Gasteiger partial charge in [0.2, 0.25) is 0 Å². The van der Waals surface area contributed by atoms with Crippen molar-refractivity contribution in [1.82, 2.24) is 15.3 Å². The van der Waals surface area contributed by atoms with Gasteiger partial charge in [-0.25, -0.2) is 5.43 Å². The molecule has 5 heteroatoms. The number of hydrogen-bond acceptors (Lipinski definition) is 3. The van der Waals surface area contributed by atoms with Gasteiger partial charge in [0, 0.05) is 22.7 Å². The third-order valence-electron chi connectivity index (χ3n) is 4.07. The summed E-state index contributed by atoms with van der Waals surface area (Å²) in [5.74, 6) is -0.0201. The number of aromatic amines is 1. The first-order chi connectivity index (χ1) is 10.3. The Morgan fingerprint density at radius 2 is 2.29 bits per heavy atom. The second kappa shape index (κ2) is 6.10. The quantitative estimate of drug-likeness (QED) is 0.670. The second-order valence-electron chi connectivity index (χ2n) is 5.52. The van der Waals surface area contributed by atoms with E-state index >= 15 is 0 Å². The monoisotopic (exact) mass is 284 g/mol. The SMILES string of the molecule is CN1CCCCC1C(=O)N/N=C/c1c[nH]c2ccccc12. The van der Waals surface area contributed by atoms with E-state index in [1.807, 2.05) is 37.5 Å². The smallest absolute Gasteiger partial charge is 0.257 e. The minimum Gasteiger partial charge on any atom is -0.361 e. The molecule has 1 fully saturated rings. The minimum atomic E-state index is -0.0566. The molecule has 5 nitrogen and oxygen atoms in total. The van der Waals surface area contributed by atoms with Gasteiger partial charge in [-0.1, -0.05) is 24.6 Å². The number of likely N-dealkylation sites (tertiary alicyclic amines) is 1. The molecule has 1 unspecified atom stereocenters. The van der Waals surface area contributed by atoms with Gasteiger partial charge < -0.3 is 4.98 Å². The first-order valence-electron chi connectivity index (χ1n) is 7.35. The summed E-state index contributed by atoms with van der Waals surface area (Å²) < 4.78 is 0. The van der Waals surface area contributed by atoms with Crippen LogP contribution in [0.5, 0.6) is 0 Å². The topological polar surface area (TPSA) is 60.5 Å². The Kier molecular flexibility index (Phi) is 4.01. The largest absolute Gasteiger partial charge is 0.361 e. The molecule has 110 valence electrons. The Morgan fingerprint density at radius 3 is 3.14 bits per heavy atom. The predicted octanol–water partition coefficient (Wildman–Crippen LogP) is 2.10. The summed E-state index contributed by atoms with van der Waals surface area (Å²) >= 11 is 0. The number of aromatic nitrogens is 1. The van der Waals surface area contributed by atoms with E-state index in [1.165, 1.54) is 6.42 Å². The van der Waals surface area contributed by atoms with Crippen LogP contribution in [0.25, 0.3) is 10.9 Å². The number of hydrogen-bond donors (Lipinski definition) is 2. The van der Waals surface area contributed by atoms with Crippen LogP contribution in [0.2, 0.25) is 0 Å². The number of piperidine rings is 1. The molecule has 3 rings (SSSR count). The highest BCUT2D eigenvalue weighted by atomic mass is 16.2. The Bertz CT molecular complexity index is 661. The summed E-state index contributed by atoms with van der Waals surface area (Å²) in [7, 11) is 1.99. The number of carbonyl (C=O) groups is 1. The lowest BCUT2D eigenvalue weighted by Gasteiger charge is -2.30. The minimum absolute atomic E-state index is 0.0201. The van der Waals surface area contributed by atoms with E-state index in [4.69, 9.17) is 0 Å². The molecule has 21 heavy (non-hydrogen) atoms. The molecule has 0 radical (unpaired) electrons. The van der Waals surface area contributed by atoms with Crippen LogP contribution >= 0.6 is 0 Å². The molecule has 2 N–H and O–H groups in total. The molecule has 0 saturated carbocycles. The van der Waals surface area contributed by atoms with Crippen molar-refractivity contribution >= 4 is 23.0 Å². The van der Waals surface area contributed by atoms with Gasteiger partial charge in [-0.05, 0) is 32.5 Å². The Hall–Kier alpha value is -2.14. The molecule has 1 aromatic heterocycles. The van der Waals surface area contributed by atoms with Gasteiger partial charge in [0.05, 0.1) is 12.3 Å². The summed E-state index contributed by atoms with van der Waals surface area (Å²) in [6.07, 6.45) is 6.77. The fourth-order valence-corrected chi connectivity index (χ4v) is 2.85. The molecule has 0 bridgehead atoms. The van der Waals surface area contributed by atoms with Crippen molar-refractivity contribution < 1.29 is 4.79 Å². The maximum atomic E-state index is 12.1. The van der Waals surface area contributed by atoms with Crippen LogP contribution in [0.3, 0.4) is 0 Å². The number of para-hydroxylation sites is 1. The van der Waals surface area contributed by atoms with E-state index in [2.05, 4.69) is 20.4 Å². The first kappa shape index (κ1) is 13.8. The summed E-state index contributed by atoms with van der Waals surface area (Å²) in [4.78, 5) is 17.4. The molecule has 0 spiro atoms. The van der Waals surface area contributed by atoms with Crippen molar-refractivity contribution in [2.75, 3.05) is 13.6 Å². The van der Waals surface area contributed by atoms with Gasteiger partial charge >= 0.3 is 0 Å². The zero-order valence-corrected chi connectivity index (χ0v) is 12.2. The fraction of sp³-hybridized carbons (Fsp3) is 0.375. The molecular formula is C16H20N4O. The van der Waals surface area contributed by atoms with E-state index in [1.54, 1.807) is 6.21 Å². The number of nitrogens with zero attached hydrogens (tertiary/aromatic N) is 2. The summed E-state index contributed by atoms with van der Waals surface area (Å²) in [5.41, 5.74) is 4.70. The van der Waals surface area contributed by atoms with Crippen LogP contribution in [0.4, 0.5) is 0 Å². The van der Waals surface area contributed by atoms with Crippen molar-refractivity contribution in [2.24, 2.45) is 5.10 Å². The molecule has 0 aliphatic carbocycles. The van der Waals surface area contributed by atoms with E-state index in [9.17, 15) is 4.79 Å². The Labute approximate surface area is 124 Å².